The molecule has 13 heteroatoms. The van der Waals surface area contributed by atoms with Gasteiger partial charge in [-0.1, -0.05) is 0 Å². The second-order valence-corrected chi connectivity index (χ2v) is 6.75. The van der Waals surface area contributed by atoms with Crippen LogP contribution in [0.25, 0.3) is 0 Å². The molecule has 0 aromatic carbocycles. The molecular weight excluding hydrogens is 398 g/mol. The van der Waals surface area contributed by atoms with E-state index in [4.69, 9.17) is 16.6 Å². The van der Waals surface area contributed by atoms with Gasteiger partial charge >= 0.3 is 5.97 Å². The standard InChI is InChI=1S/C17H27N7O6/c1-8(23-16(28)11(18)5-10-6-20-7-21-10)14(26)22-9(2)15(27)24-12(17(29)30)3-4-13(19)25/h6-9,11-12H,3-5,18H2,1-2H3,(H2,19,25)(H,20,21)(H,22,26)(H,23,28)(H,24,27)(H,29,30). The number of carbonyl (C=O) groups excluding carboxylic acids is 4. The Balaban J connectivity index is 2.52. The van der Waals surface area contributed by atoms with E-state index < -0.39 is 53.8 Å². The molecule has 4 unspecified atom stereocenters. The number of hydrogen-bond donors (Lipinski definition) is 7. The van der Waals surface area contributed by atoms with E-state index in [-0.39, 0.29) is 19.3 Å². The Morgan fingerprint density at radius 1 is 1.07 bits per heavy atom. The fourth-order valence-corrected chi connectivity index (χ4v) is 2.36. The number of carboxylic acids is 1. The molecule has 9 N–H and O–H groups in total. The summed E-state index contributed by atoms with van der Waals surface area (Å²) in [6.45, 7) is 2.76. The van der Waals surface area contributed by atoms with Crippen molar-refractivity contribution in [3.05, 3.63) is 18.2 Å². The fraction of sp³-hybridized carbons (Fsp3) is 0.529. The SMILES string of the molecule is CC(NC(=O)C(N)Cc1cnc[nH]1)C(=O)NC(C)C(=O)NC(CCC(N)=O)C(=O)O. The second-order valence-electron chi connectivity index (χ2n) is 6.75. The Kier molecular flexibility index (Phi) is 9.42. The zero-order valence-electron chi connectivity index (χ0n) is 16.7. The van der Waals surface area contributed by atoms with Crippen LogP contribution in [0.5, 0.6) is 0 Å². The van der Waals surface area contributed by atoms with Gasteiger partial charge < -0.3 is 37.5 Å². The van der Waals surface area contributed by atoms with Crippen molar-refractivity contribution in [2.24, 2.45) is 11.5 Å². The number of H-pyrrole nitrogens is 1. The summed E-state index contributed by atoms with van der Waals surface area (Å²) in [7, 11) is 0. The number of carbonyl (C=O) groups is 5. The molecule has 0 bridgehead atoms. The molecule has 0 spiro atoms. The maximum absolute atomic E-state index is 12.2. The third-order valence-corrected chi connectivity index (χ3v) is 4.13. The molecule has 0 fully saturated rings. The van der Waals surface area contributed by atoms with Crippen molar-refractivity contribution < 1.29 is 29.1 Å². The minimum atomic E-state index is -1.34. The Labute approximate surface area is 172 Å². The fourth-order valence-electron chi connectivity index (χ4n) is 2.36. The normalized spacial score (nSPS) is 14.6. The predicted octanol–water partition coefficient (Wildman–Crippen LogP) is -2.88. The number of rotatable bonds is 12. The van der Waals surface area contributed by atoms with Crippen LogP contribution in [0.4, 0.5) is 0 Å². The van der Waals surface area contributed by atoms with Crippen LogP contribution in [0.15, 0.2) is 12.5 Å². The maximum atomic E-state index is 12.2. The van der Waals surface area contributed by atoms with Crippen LogP contribution in [0.3, 0.4) is 0 Å². The van der Waals surface area contributed by atoms with E-state index in [0.717, 1.165) is 0 Å². The van der Waals surface area contributed by atoms with E-state index in [1.165, 1.54) is 26.4 Å². The number of aromatic nitrogens is 2. The molecule has 1 heterocycles. The van der Waals surface area contributed by atoms with Gasteiger partial charge in [-0.05, 0) is 20.3 Å². The Bertz CT molecular complexity index is 767. The molecule has 0 saturated heterocycles. The van der Waals surface area contributed by atoms with Crippen molar-refractivity contribution in [2.75, 3.05) is 0 Å². The van der Waals surface area contributed by atoms with Crippen molar-refractivity contribution in [1.29, 1.82) is 0 Å². The summed E-state index contributed by atoms with van der Waals surface area (Å²) in [5, 5.41) is 16.1. The number of primary amides is 1. The molecule has 30 heavy (non-hydrogen) atoms. The van der Waals surface area contributed by atoms with E-state index in [1.54, 1.807) is 0 Å². The lowest BCUT2D eigenvalue weighted by Gasteiger charge is -2.21. The van der Waals surface area contributed by atoms with Crippen molar-refractivity contribution in [2.45, 2.75) is 57.3 Å². The molecule has 1 aromatic rings. The number of hydrogen-bond acceptors (Lipinski definition) is 7. The smallest absolute Gasteiger partial charge is 0.326 e. The molecule has 13 nitrogen and oxygen atoms in total. The van der Waals surface area contributed by atoms with Gasteiger partial charge in [0.2, 0.25) is 23.6 Å². The number of nitrogens with one attached hydrogen (secondary N) is 4. The van der Waals surface area contributed by atoms with Crippen LogP contribution in [0, 0.1) is 0 Å². The van der Waals surface area contributed by atoms with Crippen LogP contribution < -0.4 is 27.4 Å². The summed E-state index contributed by atoms with van der Waals surface area (Å²) in [4.78, 5) is 65.1. The molecular formula is C17H27N7O6. The number of carboxylic acid groups (broad SMARTS) is 1. The Hall–Kier alpha value is -3.48. The quantitative estimate of drug-likeness (QED) is 0.184. The number of nitrogens with zero attached hydrogens (tertiary/aromatic N) is 1. The van der Waals surface area contributed by atoms with Gasteiger partial charge in [-0.25, -0.2) is 9.78 Å². The highest BCUT2D eigenvalue weighted by molar-refractivity contribution is 5.93. The lowest BCUT2D eigenvalue weighted by atomic mass is 10.1. The first-order chi connectivity index (χ1) is 14.0. The van der Waals surface area contributed by atoms with Crippen LogP contribution in [-0.4, -0.2) is 68.8 Å². The number of imidazole rings is 1. The molecule has 1 aromatic heterocycles. The monoisotopic (exact) mass is 425 g/mol. The van der Waals surface area contributed by atoms with Crippen molar-refractivity contribution >= 4 is 29.6 Å². The lowest BCUT2D eigenvalue weighted by Crippen LogP contribution is -2.55. The zero-order chi connectivity index (χ0) is 22.8. The molecule has 4 amide bonds. The average Bonchev–Trinajstić information content (AvgIpc) is 3.17. The highest BCUT2D eigenvalue weighted by Gasteiger charge is 2.26. The van der Waals surface area contributed by atoms with E-state index in [1.807, 2.05) is 0 Å². The minimum absolute atomic E-state index is 0.183. The molecule has 1 rings (SSSR count). The molecule has 0 aliphatic carbocycles. The molecule has 166 valence electrons. The average molecular weight is 425 g/mol. The molecule has 0 aliphatic rings. The van der Waals surface area contributed by atoms with Crippen LogP contribution in [0.2, 0.25) is 0 Å². The van der Waals surface area contributed by atoms with Crippen LogP contribution >= 0.6 is 0 Å². The molecule has 0 saturated carbocycles. The number of aromatic amines is 1. The van der Waals surface area contributed by atoms with Crippen molar-refractivity contribution in [3.63, 3.8) is 0 Å². The number of aliphatic carboxylic acids is 1. The third kappa shape index (κ3) is 8.26. The first-order valence-corrected chi connectivity index (χ1v) is 9.16. The summed E-state index contributed by atoms with van der Waals surface area (Å²) in [6, 6.07) is -4.33. The summed E-state index contributed by atoms with van der Waals surface area (Å²) in [5.74, 6) is -4.04. The largest absolute Gasteiger partial charge is 0.480 e. The van der Waals surface area contributed by atoms with Crippen molar-refractivity contribution in [1.82, 2.24) is 25.9 Å². The lowest BCUT2D eigenvalue weighted by molar-refractivity contribution is -0.142. The van der Waals surface area contributed by atoms with E-state index in [2.05, 4.69) is 25.9 Å². The van der Waals surface area contributed by atoms with Gasteiger partial charge in [-0.15, -0.1) is 0 Å². The van der Waals surface area contributed by atoms with E-state index in [0.29, 0.717) is 5.69 Å². The summed E-state index contributed by atoms with van der Waals surface area (Å²) < 4.78 is 0. The third-order valence-electron chi connectivity index (χ3n) is 4.13. The van der Waals surface area contributed by atoms with Crippen LogP contribution in [0.1, 0.15) is 32.4 Å². The first-order valence-electron chi connectivity index (χ1n) is 9.16. The minimum Gasteiger partial charge on any atom is -0.480 e. The second kappa shape index (κ2) is 11.5. The summed E-state index contributed by atoms with van der Waals surface area (Å²) >= 11 is 0. The van der Waals surface area contributed by atoms with E-state index >= 15 is 0 Å². The molecule has 0 radical (unpaired) electrons. The van der Waals surface area contributed by atoms with E-state index in [9.17, 15) is 24.0 Å². The highest BCUT2D eigenvalue weighted by Crippen LogP contribution is 2.00. The van der Waals surface area contributed by atoms with Gasteiger partial charge in [0.25, 0.3) is 0 Å². The topological polar surface area (TPSA) is 222 Å². The summed E-state index contributed by atoms with van der Waals surface area (Å²) in [6.07, 6.45) is 2.77. The number of amides is 4. The zero-order valence-corrected chi connectivity index (χ0v) is 16.7. The Morgan fingerprint density at radius 3 is 2.13 bits per heavy atom. The van der Waals surface area contributed by atoms with Gasteiger partial charge in [-0.2, -0.15) is 0 Å². The molecule has 0 aliphatic heterocycles. The number of nitrogens with two attached hydrogens (primary N) is 2. The predicted molar refractivity (Wildman–Crippen MR) is 103 cm³/mol. The van der Waals surface area contributed by atoms with Crippen LogP contribution in [-0.2, 0) is 30.4 Å². The maximum Gasteiger partial charge on any atom is 0.326 e. The van der Waals surface area contributed by atoms with Gasteiger partial charge in [-0.3, -0.25) is 19.2 Å². The van der Waals surface area contributed by atoms with Gasteiger partial charge in [0.1, 0.15) is 18.1 Å². The highest BCUT2D eigenvalue weighted by atomic mass is 16.4. The molecule has 4 atom stereocenters. The Morgan fingerprint density at radius 2 is 1.63 bits per heavy atom. The summed E-state index contributed by atoms with van der Waals surface area (Å²) in [5.41, 5.74) is 11.4. The first kappa shape index (κ1) is 24.6. The van der Waals surface area contributed by atoms with Gasteiger partial charge in [0.15, 0.2) is 0 Å². The van der Waals surface area contributed by atoms with Gasteiger partial charge in [0.05, 0.1) is 12.4 Å². The van der Waals surface area contributed by atoms with Crippen molar-refractivity contribution in [3.8, 4) is 0 Å². The van der Waals surface area contributed by atoms with Gasteiger partial charge in [0, 0.05) is 24.7 Å².